The van der Waals surface area contributed by atoms with E-state index in [0.717, 1.165) is 38.9 Å². The Bertz CT molecular complexity index is 453. The van der Waals surface area contributed by atoms with Crippen LogP contribution in [0.4, 0.5) is 0 Å². The van der Waals surface area contributed by atoms with Gasteiger partial charge in [-0.15, -0.1) is 0 Å². The number of hydrogen-bond acceptors (Lipinski definition) is 5. The van der Waals surface area contributed by atoms with Crippen molar-refractivity contribution in [3.8, 4) is 5.75 Å². The first-order valence-electron chi connectivity index (χ1n) is 6.98. The quantitative estimate of drug-likeness (QED) is 0.678. The Morgan fingerprint density at radius 3 is 3.10 bits per heavy atom. The lowest BCUT2D eigenvalue weighted by Gasteiger charge is -2.29. The Morgan fingerprint density at radius 1 is 1.50 bits per heavy atom. The van der Waals surface area contributed by atoms with Gasteiger partial charge in [-0.3, -0.25) is 9.78 Å². The lowest BCUT2D eigenvalue weighted by molar-refractivity contribution is 0.0697. The van der Waals surface area contributed by atoms with Gasteiger partial charge in [0.1, 0.15) is 5.75 Å². The molecular weight excluding hydrogens is 258 g/mol. The molecule has 1 fully saturated rings. The number of aliphatic hydroxyl groups excluding tert-OH is 1. The van der Waals surface area contributed by atoms with E-state index in [4.69, 9.17) is 0 Å². The molecule has 3 N–H and O–H groups in total. The van der Waals surface area contributed by atoms with E-state index < -0.39 is 0 Å². The van der Waals surface area contributed by atoms with Crippen molar-refractivity contribution in [1.29, 1.82) is 0 Å². The summed E-state index contributed by atoms with van der Waals surface area (Å²) in [6.45, 7) is 3.18. The van der Waals surface area contributed by atoms with Crippen LogP contribution < -0.4 is 5.32 Å². The number of pyridine rings is 1. The van der Waals surface area contributed by atoms with E-state index in [1.54, 1.807) is 0 Å². The summed E-state index contributed by atoms with van der Waals surface area (Å²) in [4.78, 5) is 17.8. The van der Waals surface area contributed by atoms with E-state index in [1.807, 2.05) is 0 Å². The maximum absolute atomic E-state index is 11.8. The fraction of sp³-hybridized carbons (Fsp3) is 0.571. The third kappa shape index (κ3) is 4.47. The van der Waals surface area contributed by atoms with Crippen molar-refractivity contribution in [2.24, 2.45) is 0 Å². The van der Waals surface area contributed by atoms with Gasteiger partial charge >= 0.3 is 0 Å². The first-order chi connectivity index (χ1) is 9.65. The van der Waals surface area contributed by atoms with Crippen LogP contribution in [0.1, 0.15) is 29.6 Å². The highest BCUT2D eigenvalue weighted by Gasteiger charge is 2.16. The second-order valence-corrected chi connectivity index (χ2v) is 5.14. The molecule has 0 aromatic carbocycles. The molecule has 6 nitrogen and oxygen atoms in total. The van der Waals surface area contributed by atoms with E-state index in [-0.39, 0.29) is 17.8 Å². The smallest absolute Gasteiger partial charge is 0.252 e. The van der Waals surface area contributed by atoms with Gasteiger partial charge < -0.3 is 20.4 Å². The van der Waals surface area contributed by atoms with Crippen LogP contribution in [0, 0.1) is 0 Å². The summed E-state index contributed by atoms with van der Waals surface area (Å²) in [6, 6.07) is 1.39. The topological polar surface area (TPSA) is 85.7 Å². The maximum Gasteiger partial charge on any atom is 0.252 e. The molecule has 0 spiro atoms. The number of carbonyl (C=O) groups excluding carboxylic acids is 1. The molecule has 0 aliphatic carbocycles. The number of amides is 1. The fourth-order valence-electron chi connectivity index (χ4n) is 2.39. The number of nitrogens with zero attached hydrogens (tertiary/aromatic N) is 2. The molecule has 1 aliphatic rings. The van der Waals surface area contributed by atoms with Gasteiger partial charge in [0.15, 0.2) is 0 Å². The van der Waals surface area contributed by atoms with Crippen LogP contribution in [0.3, 0.4) is 0 Å². The molecule has 6 heteroatoms. The number of rotatable bonds is 5. The number of aromatic nitrogens is 1. The highest BCUT2D eigenvalue weighted by molar-refractivity contribution is 5.94. The monoisotopic (exact) mass is 279 g/mol. The minimum absolute atomic E-state index is 0.0139. The van der Waals surface area contributed by atoms with E-state index in [2.05, 4.69) is 15.2 Å². The predicted octanol–water partition coefficient (Wildman–Crippen LogP) is 0.364. The van der Waals surface area contributed by atoms with Crippen LogP contribution in [-0.2, 0) is 0 Å². The molecular formula is C14H21N3O3. The van der Waals surface area contributed by atoms with E-state index in [1.165, 1.54) is 18.5 Å². The molecule has 20 heavy (non-hydrogen) atoms. The highest BCUT2D eigenvalue weighted by Crippen LogP contribution is 2.10. The third-order valence-electron chi connectivity index (χ3n) is 3.40. The van der Waals surface area contributed by atoms with Gasteiger partial charge in [0.2, 0.25) is 0 Å². The summed E-state index contributed by atoms with van der Waals surface area (Å²) in [7, 11) is 0. The standard InChI is InChI=1S/C14H21N3O3/c18-12-3-1-5-17(10-12)6-2-4-16-14(20)11-7-13(19)9-15-8-11/h7-9,12,18-19H,1-6,10H2,(H,16,20). The largest absolute Gasteiger partial charge is 0.506 e. The lowest BCUT2D eigenvalue weighted by atomic mass is 10.1. The Hall–Kier alpha value is -1.66. The Kier molecular flexibility index (Phi) is 5.31. The molecule has 1 unspecified atom stereocenters. The molecule has 2 rings (SSSR count). The van der Waals surface area contributed by atoms with E-state index in [9.17, 15) is 15.0 Å². The third-order valence-corrected chi connectivity index (χ3v) is 3.40. The van der Waals surface area contributed by atoms with Gasteiger partial charge in [0.05, 0.1) is 17.9 Å². The summed E-state index contributed by atoms with van der Waals surface area (Å²) < 4.78 is 0. The van der Waals surface area contributed by atoms with Gasteiger partial charge in [-0.05, 0) is 38.4 Å². The molecule has 1 amide bonds. The molecule has 2 heterocycles. The average Bonchev–Trinajstić information content (AvgIpc) is 2.43. The minimum atomic E-state index is -0.230. The van der Waals surface area contributed by atoms with Crippen molar-refractivity contribution in [2.45, 2.75) is 25.4 Å². The molecule has 1 saturated heterocycles. The summed E-state index contributed by atoms with van der Waals surface area (Å²) >= 11 is 0. The molecule has 0 radical (unpaired) electrons. The minimum Gasteiger partial charge on any atom is -0.506 e. The molecule has 1 atom stereocenters. The van der Waals surface area contributed by atoms with Crippen molar-refractivity contribution < 1.29 is 15.0 Å². The predicted molar refractivity (Wildman–Crippen MR) is 74.5 cm³/mol. The molecule has 0 saturated carbocycles. The zero-order valence-electron chi connectivity index (χ0n) is 11.5. The highest BCUT2D eigenvalue weighted by atomic mass is 16.3. The van der Waals surface area contributed by atoms with E-state index in [0.29, 0.717) is 12.1 Å². The Balaban J connectivity index is 1.67. The number of aromatic hydroxyl groups is 1. The zero-order valence-corrected chi connectivity index (χ0v) is 11.5. The number of hydrogen-bond donors (Lipinski definition) is 3. The van der Waals surface area contributed by atoms with Gasteiger partial charge in [-0.2, -0.15) is 0 Å². The number of nitrogens with one attached hydrogen (secondary N) is 1. The van der Waals surface area contributed by atoms with Crippen molar-refractivity contribution in [3.63, 3.8) is 0 Å². The van der Waals surface area contributed by atoms with Gasteiger partial charge in [0, 0.05) is 19.3 Å². The molecule has 1 aromatic rings. The van der Waals surface area contributed by atoms with Crippen LogP contribution in [0.2, 0.25) is 0 Å². The summed E-state index contributed by atoms with van der Waals surface area (Å²) in [5.74, 6) is -0.243. The van der Waals surface area contributed by atoms with Crippen molar-refractivity contribution in [1.82, 2.24) is 15.2 Å². The Labute approximate surface area is 118 Å². The lowest BCUT2D eigenvalue weighted by Crippen LogP contribution is -2.39. The number of likely N-dealkylation sites (tertiary alicyclic amines) is 1. The zero-order chi connectivity index (χ0) is 14.4. The summed E-state index contributed by atoms with van der Waals surface area (Å²) in [6.07, 6.45) is 5.26. The Morgan fingerprint density at radius 2 is 2.35 bits per heavy atom. The summed E-state index contributed by atoms with van der Waals surface area (Å²) in [5, 5.41) is 21.6. The number of carbonyl (C=O) groups is 1. The van der Waals surface area contributed by atoms with Crippen molar-refractivity contribution in [3.05, 3.63) is 24.0 Å². The number of piperidine rings is 1. The van der Waals surface area contributed by atoms with Gasteiger partial charge in [-0.25, -0.2) is 0 Å². The maximum atomic E-state index is 11.8. The number of β-amino-alcohol motifs (C(OH)–C–C–N with tert-alkyl or cyclic N) is 1. The molecule has 1 aromatic heterocycles. The van der Waals surface area contributed by atoms with Crippen molar-refractivity contribution in [2.75, 3.05) is 26.2 Å². The van der Waals surface area contributed by atoms with Crippen LogP contribution in [0.15, 0.2) is 18.5 Å². The normalized spacial score (nSPS) is 19.8. The number of aliphatic hydroxyl groups is 1. The second kappa shape index (κ2) is 7.21. The van der Waals surface area contributed by atoms with Crippen LogP contribution >= 0.6 is 0 Å². The summed E-state index contributed by atoms with van der Waals surface area (Å²) in [5.41, 5.74) is 0.360. The SMILES string of the molecule is O=C(NCCCN1CCCC(O)C1)c1cncc(O)c1. The van der Waals surface area contributed by atoms with Gasteiger partial charge in [-0.1, -0.05) is 0 Å². The van der Waals surface area contributed by atoms with Crippen molar-refractivity contribution >= 4 is 5.91 Å². The first-order valence-corrected chi connectivity index (χ1v) is 6.98. The van der Waals surface area contributed by atoms with Gasteiger partial charge in [0.25, 0.3) is 5.91 Å². The fourth-order valence-corrected chi connectivity index (χ4v) is 2.39. The first kappa shape index (κ1) is 14.7. The molecule has 110 valence electrons. The molecule has 1 aliphatic heterocycles. The van der Waals surface area contributed by atoms with Crippen LogP contribution in [0.25, 0.3) is 0 Å². The average molecular weight is 279 g/mol. The van der Waals surface area contributed by atoms with Crippen LogP contribution in [-0.4, -0.2) is 58.3 Å². The molecule has 0 bridgehead atoms. The second-order valence-electron chi connectivity index (χ2n) is 5.14. The van der Waals surface area contributed by atoms with Crippen LogP contribution in [0.5, 0.6) is 5.75 Å². The van der Waals surface area contributed by atoms with E-state index >= 15 is 0 Å².